The summed E-state index contributed by atoms with van der Waals surface area (Å²) in [6.45, 7) is 0. The van der Waals surface area contributed by atoms with Crippen LogP contribution >= 0.6 is 0 Å². The molecule has 0 bridgehead atoms. The average molecular weight is 217 g/mol. The monoisotopic (exact) mass is 217 g/mol. The summed E-state index contributed by atoms with van der Waals surface area (Å²) in [6, 6.07) is 3.24. The number of benzene rings is 1. The SMILES string of the molecule is Nc1ccc(C2(C(F)(F)F)N=N2)cc1O. The summed E-state index contributed by atoms with van der Waals surface area (Å²) in [4.78, 5) is 0. The van der Waals surface area contributed by atoms with Crippen molar-refractivity contribution in [2.45, 2.75) is 11.8 Å². The predicted octanol–water partition coefficient (Wildman–Crippen LogP) is 2.16. The molecule has 0 radical (unpaired) electrons. The standard InChI is InChI=1S/C8H6F3N3O/c9-8(10,11)7(13-14-7)4-1-2-5(12)6(15)3-4/h1-3,15H,12H2. The van der Waals surface area contributed by atoms with Crippen LogP contribution in [0.25, 0.3) is 0 Å². The van der Waals surface area contributed by atoms with Gasteiger partial charge < -0.3 is 10.8 Å². The third-order valence-corrected chi connectivity index (χ3v) is 2.13. The Kier molecular flexibility index (Phi) is 1.70. The first-order chi connectivity index (χ1) is 6.87. The number of nitrogen functional groups attached to an aromatic ring is 1. The van der Waals surface area contributed by atoms with Crippen molar-refractivity contribution < 1.29 is 18.3 Å². The lowest BCUT2D eigenvalue weighted by molar-refractivity contribution is -0.166. The maximum absolute atomic E-state index is 12.5. The molecule has 0 unspecified atom stereocenters. The van der Waals surface area contributed by atoms with Gasteiger partial charge in [0.15, 0.2) is 0 Å². The molecule has 0 fully saturated rings. The van der Waals surface area contributed by atoms with E-state index in [1.165, 1.54) is 6.07 Å². The summed E-state index contributed by atoms with van der Waals surface area (Å²) < 4.78 is 37.5. The summed E-state index contributed by atoms with van der Waals surface area (Å²) in [7, 11) is 0. The number of rotatable bonds is 1. The summed E-state index contributed by atoms with van der Waals surface area (Å²) in [5.41, 5.74) is 2.54. The first kappa shape index (κ1) is 9.75. The minimum absolute atomic E-state index is 0.0109. The van der Waals surface area contributed by atoms with Gasteiger partial charge in [-0.15, -0.1) is 10.2 Å². The van der Waals surface area contributed by atoms with Crippen molar-refractivity contribution in [1.82, 2.24) is 0 Å². The summed E-state index contributed by atoms with van der Waals surface area (Å²) >= 11 is 0. The van der Waals surface area contributed by atoms with Crippen molar-refractivity contribution in [3.8, 4) is 5.75 Å². The predicted molar refractivity (Wildman–Crippen MR) is 45.1 cm³/mol. The number of hydrogen-bond acceptors (Lipinski definition) is 4. The van der Waals surface area contributed by atoms with E-state index >= 15 is 0 Å². The van der Waals surface area contributed by atoms with E-state index in [1.807, 2.05) is 0 Å². The molecule has 2 rings (SSSR count). The molecule has 1 aromatic carbocycles. The van der Waals surface area contributed by atoms with Crippen LogP contribution in [-0.2, 0) is 5.66 Å². The second kappa shape index (κ2) is 2.62. The quantitative estimate of drug-likeness (QED) is 0.558. The number of nitrogens with two attached hydrogens (primary N) is 1. The Hall–Kier alpha value is -1.79. The van der Waals surface area contributed by atoms with E-state index in [-0.39, 0.29) is 11.3 Å². The van der Waals surface area contributed by atoms with E-state index < -0.39 is 17.6 Å². The normalized spacial score (nSPS) is 17.8. The topological polar surface area (TPSA) is 71.0 Å². The third kappa shape index (κ3) is 1.31. The van der Waals surface area contributed by atoms with Gasteiger partial charge in [0.05, 0.1) is 5.69 Å². The van der Waals surface area contributed by atoms with E-state index in [1.54, 1.807) is 0 Å². The molecule has 7 heteroatoms. The van der Waals surface area contributed by atoms with Gasteiger partial charge in [-0.1, -0.05) is 6.07 Å². The van der Waals surface area contributed by atoms with Crippen LogP contribution < -0.4 is 5.73 Å². The van der Waals surface area contributed by atoms with E-state index in [9.17, 15) is 18.3 Å². The highest BCUT2D eigenvalue weighted by molar-refractivity contribution is 5.54. The zero-order valence-electron chi connectivity index (χ0n) is 7.28. The molecule has 1 aliphatic heterocycles. The Morgan fingerprint density at radius 2 is 1.87 bits per heavy atom. The number of anilines is 1. The van der Waals surface area contributed by atoms with Crippen LogP contribution in [0.5, 0.6) is 5.75 Å². The number of hydrogen-bond donors (Lipinski definition) is 2. The first-order valence-electron chi connectivity index (χ1n) is 3.96. The van der Waals surface area contributed by atoms with Crippen LogP contribution in [0.15, 0.2) is 28.4 Å². The second-order valence-corrected chi connectivity index (χ2v) is 3.14. The van der Waals surface area contributed by atoms with Gasteiger partial charge in [0.2, 0.25) is 0 Å². The average Bonchev–Trinajstić information content (AvgIpc) is 2.88. The fourth-order valence-corrected chi connectivity index (χ4v) is 1.20. The van der Waals surface area contributed by atoms with Gasteiger partial charge in [-0.25, -0.2) is 0 Å². The maximum Gasteiger partial charge on any atom is 0.442 e. The lowest BCUT2D eigenvalue weighted by Crippen LogP contribution is -2.30. The van der Waals surface area contributed by atoms with Gasteiger partial charge >= 0.3 is 11.8 Å². The number of nitrogens with zero attached hydrogens (tertiary/aromatic N) is 2. The molecule has 80 valence electrons. The highest BCUT2D eigenvalue weighted by Crippen LogP contribution is 2.52. The first-order valence-corrected chi connectivity index (χ1v) is 3.96. The number of alkyl halides is 3. The zero-order chi connectivity index (χ0) is 11.3. The molecule has 0 spiro atoms. The van der Waals surface area contributed by atoms with Crippen LogP contribution in [0, 0.1) is 0 Å². The molecule has 4 nitrogen and oxygen atoms in total. The molecule has 0 saturated heterocycles. The molecular weight excluding hydrogens is 211 g/mol. The second-order valence-electron chi connectivity index (χ2n) is 3.14. The lowest BCUT2D eigenvalue weighted by atomic mass is 10.0. The van der Waals surface area contributed by atoms with Crippen molar-refractivity contribution in [1.29, 1.82) is 0 Å². The maximum atomic E-state index is 12.5. The number of phenolic OH excluding ortho intramolecular Hbond substituents is 1. The highest BCUT2D eigenvalue weighted by atomic mass is 19.4. The summed E-state index contributed by atoms with van der Waals surface area (Å²) in [5, 5.41) is 15.2. The summed E-state index contributed by atoms with van der Waals surface area (Å²) in [6.07, 6.45) is -4.59. The largest absolute Gasteiger partial charge is 0.506 e. The molecule has 1 aliphatic rings. The van der Waals surface area contributed by atoms with Crippen LogP contribution in [0.2, 0.25) is 0 Å². The molecule has 3 N–H and O–H groups in total. The molecule has 1 heterocycles. The smallest absolute Gasteiger partial charge is 0.442 e. The molecule has 0 amide bonds. The Morgan fingerprint density at radius 1 is 1.27 bits per heavy atom. The molecule has 15 heavy (non-hydrogen) atoms. The van der Waals surface area contributed by atoms with Gasteiger partial charge in [-0.05, 0) is 12.1 Å². The Morgan fingerprint density at radius 3 is 2.27 bits per heavy atom. The lowest BCUT2D eigenvalue weighted by Gasteiger charge is -2.15. The van der Waals surface area contributed by atoms with Gasteiger partial charge in [-0.2, -0.15) is 13.2 Å². The molecule has 0 aliphatic carbocycles. The fraction of sp³-hybridized carbons (Fsp3) is 0.250. The van der Waals surface area contributed by atoms with Crippen LogP contribution in [-0.4, -0.2) is 11.3 Å². The number of phenols is 1. The third-order valence-electron chi connectivity index (χ3n) is 2.13. The zero-order valence-corrected chi connectivity index (χ0v) is 7.28. The Labute approximate surface area is 82.2 Å². The molecule has 0 saturated carbocycles. The van der Waals surface area contributed by atoms with Crippen molar-refractivity contribution in [2.75, 3.05) is 5.73 Å². The van der Waals surface area contributed by atoms with E-state index in [0.29, 0.717) is 0 Å². The van der Waals surface area contributed by atoms with Crippen molar-refractivity contribution in [3.05, 3.63) is 23.8 Å². The molecule has 0 atom stereocenters. The van der Waals surface area contributed by atoms with Crippen LogP contribution in [0.4, 0.5) is 18.9 Å². The van der Waals surface area contributed by atoms with E-state index in [2.05, 4.69) is 10.2 Å². The van der Waals surface area contributed by atoms with Gasteiger partial charge in [0, 0.05) is 5.56 Å². The van der Waals surface area contributed by atoms with Crippen LogP contribution in [0.3, 0.4) is 0 Å². The van der Waals surface area contributed by atoms with Gasteiger partial charge in [0.25, 0.3) is 0 Å². The highest BCUT2D eigenvalue weighted by Gasteiger charge is 2.65. The minimum Gasteiger partial charge on any atom is -0.506 e. The number of aromatic hydroxyl groups is 1. The summed E-state index contributed by atoms with van der Waals surface area (Å²) in [5.74, 6) is -0.409. The van der Waals surface area contributed by atoms with E-state index in [0.717, 1.165) is 12.1 Å². The Bertz CT molecular complexity index is 435. The van der Waals surface area contributed by atoms with Crippen LogP contribution in [0.1, 0.15) is 5.56 Å². The van der Waals surface area contributed by atoms with Gasteiger partial charge in [0.1, 0.15) is 5.75 Å². The van der Waals surface area contributed by atoms with Crippen molar-refractivity contribution in [3.63, 3.8) is 0 Å². The molecule has 0 aromatic heterocycles. The molecular formula is C8H6F3N3O. The Balaban J connectivity index is 2.43. The van der Waals surface area contributed by atoms with E-state index in [4.69, 9.17) is 5.73 Å². The minimum atomic E-state index is -4.59. The fourth-order valence-electron chi connectivity index (χ4n) is 1.20. The van der Waals surface area contributed by atoms with Crippen molar-refractivity contribution >= 4 is 5.69 Å². The molecule has 1 aromatic rings. The number of halogens is 3. The van der Waals surface area contributed by atoms with Crippen molar-refractivity contribution in [2.24, 2.45) is 10.2 Å². The van der Waals surface area contributed by atoms with Gasteiger partial charge in [-0.3, -0.25) is 0 Å².